The number of hydrogen-bond donors (Lipinski definition) is 2. The third kappa shape index (κ3) is 2.93. The van der Waals surface area contributed by atoms with E-state index >= 15 is 0 Å². The first-order valence-electron chi connectivity index (χ1n) is 6.12. The van der Waals surface area contributed by atoms with Crippen molar-refractivity contribution in [3.8, 4) is 0 Å². The maximum absolute atomic E-state index is 13.6. The Hall–Kier alpha value is -1.86. The summed E-state index contributed by atoms with van der Waals surface area (Å²) in [5.74, 6) is 0.0129. The van der Waals surface area contributed by atoms with Crippen LogP contribution in [0.1, 0.15) is 17.9 Å². The van der Waals surface area contributed by atoms with Crippen LogP contribution in [0.15, 0.2) is 29.7 Å². The van der Waals surface area contributed by atoms with Crippen molar-refractivity contribution < 1.29 is 4.39 Å². The molecular formula is C13H11ClFN5S. The van der Waals surface area contributed by atoms with Gasteiger partial charge >= 0.3 is 0 Å². The minimum atomic E-state index is -0.297. The predicted molar refractivity (Wildman–Crippen MR) is 81.8 cm³/mol. The third-order valence-electron chi connectivity index (χ3n) is 2.93. The fraction of sp³-hybridized carbons (Fsp3) is 0.154. The van der Waals surface area contributed by atoms with E-state index in [1.54, 1.807) is 12.3 Å². The van der Waals surface area contributed by atoms with E-state index in [9.17, 15) is 4.39 Å². The van der Waals surface area contributed by atoms with E-state index in [1.165, 1.54) is 24.0 Å². The number of nitrogens with zero attached hydrogens (tertiary/aromatic N) is 3. The number of hydrogen-bond acceptors (Lipinski definition) is 5. The lowest BCUT2D eigenvalue weighted by molar-refractivity contribution is 0.639. The molecule has 0 aliphatic rings. The maximum Gasteiger partial charge on any atom is 0.191 e. The Morgan fingerprint density at radius 3 is 2.95 bits per heavy atom. The van der Waals surface area contributed by atoms with Gasteiger partial charge in [-0.2, -0.15) is 0 Å². The first-order valence-corrected chi connectivity index (χ1v) is 7.38. The smallest absolute Gasteiger partial charge is 0.191 e. The summed E-state index contributed by atoms with van der Waals surface area (Å²) in [6.07, 6.45) is 2.92. The zero-order chi connectivity index (χ0) is 15.0. The second-order valence-electron chi connectivity index (χ2n) is 4.45. The Labute approximate surface area is 129 Å². The predicted octanol–water partition coefficient (Wildman–Crippen LogP) is 3.58. The van der Waals surface area contributed by atoms with Gasteiger partial charge in [-0.1, -0.05) is 23.4 Å². The highest BCUT2D eigenvalue weighted by molar-refractivity contribution is 7.99. The molecule has 0 amide bonds. The number of nitrogens with two attached hydrogens (primary N) is 1. The third-order valence-corrected chi connectivity index (χ3v) is 4.11. The van der Waals surface area contributed by atoms with Gasteiger partial charge in [-0.05, 0) is 13.0 Å². The van der Waals surface area contributed by atoms with Gasteiger partial charge in [0.2, 0.25) is 0 Å². The Morgan fingerprint density at radius 2 is 2.19 bits per heavy atom. The van der Waals surface area contributed by atoms with E-state index in [-0.39, 0.29) is 16.2 Å². The van der Waals surface area contributed by atoms with Crippen molar-refractivity contribution >= 4 is 40.1 Å². The number of pyridine rings is 1. The number of nitrogens with one attached hydrogen (secondary N) is 1. The molecule has 0 aromatic carbocycles. The zero-order valence-corrected chi connectivity index (χ0v) is 12.5. The van der Waals surface area contributed by atoms with Gasteiger partial charge < -0.3 is 10.7 Å². The van der Waals surface area contributed by atoms with Crippen molar-refractivity contribution in [3.05, 3.63) is 41.2 Å². The quantitative estimate of drug-likeness (QED) is 0.437. The number of halogens is 2. The molecule has 0 radical (unpaired) electrons. The van der Waals surface area contributed by atoms with Crippen molar-refractivity contribution in [2.24, 2.45) is 0 Å². The molecule has 0 saturated heterocycles. The Morgan fingerprint density at radius 1 is 1.38 bits per heavy atom. The number of aromatic nitrogens is 4. The van der Waals surface area contributed by atoms with Crippen molar-refractivity contribution in [2.45, 2.75) is 17.3 Å². The molecule has 3 aromatic rings. The molecule has 3 N–H and O–H groups in total. The zero-order valence-electron chi connectivity index (χ0n) is 11.0. The molecule has 5 nitrogen and oxygen atoms in total. The number of aromatic amines is 1. The number of rotatable bonds is 3. The monoisotopic (exact) mass is 323 g/mol. The van der Waals surface area contributed by atoms with Crippen LogP contribution in [0, 0.1) is 5.82 Å². The fourth-order valence-corrected chi connectivity index (χ4v) is 3.03. The summed E-state index contributed by atoms with van der Waals surface area (Å²) in [6.45, 7) is 1.93. The van der Waals surface area contributed by atoms with Gasteiger partial charge in [-0.3, -0.25) is 4.98 Å². The molecule has 8 heteroatoms. The Kier molecular flexibility index (Phi) is 3.69. The van der Waals surface area contributed by atoms with Crippen LogP contribution in [-0.4, -0.2) is 19.9 Å². The normalized spacial score (nSPS) is 12.7. The van der Waals surface area contributed by atoms with Crippen LogP contribution in [-0.2, 0) is 0 Å². The summed E-state index contributed by atoms with van der Waals surface area (Å²) in [5.41, 5.74) is 7.03. The van der Waals surface area contributed by atoms with Gasteiger partial charge in [0.15, 0.2) is 5.16 Å². The van der Waals surface area contributed by atoms with E-state index in [2.05, 4.69) is 19.9 Å². The summed E-state index contributed by atoms with van der Waals surface area (Å²) < 4.78 is 13.6. The molecule has 0 aliphatic heterocycles. The largest absolute Gasteiger partial charge is 0.384 e. The fourth-order valence-electron chi connectivity index (χ4n) is 1.91. The molecule has 0 fully saturated rings. The molecule has 0 saturated carbocycles. The second-order valence-corrected chi connectivity index (χ2v) is 6.14. The summed E-state index contributed by atoms with van der Waals surface area (Å²) in [6, 6.07) is 3.20. The summed E-state index contributed by atoms with van der Waals surface area (Å²) in [5, 5.41) is 1.20. The molecule has 21 heavy (non-hydrogen) atoms. The van der Waals surface area contributed by atoms with Crippen molar-refractivity contribution in [2.75, 3.05) is 5.73 Å². The van der Waals surface area contributed by atoms with E-state index in [1.807, 2.05) is 6.92 Å². The van der Waals surface area contributed by atoms with Gasteiger partial charge in [0.25, 0.3) is 0 Å². The van der Waals surface area contributed by atoms with Crippen LogP contribution in [0.4, 0.5) is 10.2 Å². The SMILES string of the molecule is CC(Sc1nc(N)cc(Cl)n1)c1cc2c(F)c[nH]c2cn1. The van der Waals surface area contributed by atoms with Crippen molar-refractivity contribution in [3.63, 3.8) is 0 Å². The van der Waals surface area contributed by atoms with Gasteiger partial charge in [0.05, 0.1) is 22.7 Å². The van der Waals surface area contributed by atoms with Crippen LogP contribution in [0.3, 0.4) is 0 Å². The van der Waals surface area contributed by atoms with Crippen molar-refractivity contribution in [1.29, 1.82) is 0 Å². The number of anilines is 1. The van der Waals surface area contributed by atoms with Gasteiger partial charge in [0, 0.05) is 17.6 Å². The lowest BCUT2D eigenvalue weighted by Gasteiger charge is -2.10. The summed E-state index contributed by atoms with van der Waals surface area (Å²) >= 11 is 7.21. The van der Waals surface area contributed by atoms with Gasteiger partial charge in [-0.15, -0.1) is 0 Å². The first-order chi connectivity index (χ1) is 10.0. The minimum Gasteiger partial charge on any atom is -0.384 e. The first kappa shape index (κ1) is 14.1. The van der Waals surface area contributed by atoms with E-state index in [4.69, 9.17) is 17.3 Å². The van der Waals surface area contributed by atoms with Gasteiger partial charge in [-0.25, -0.2) is 14.4 Å². The molecule has 1 unspecified atom stereocenters. The Bertz CT molecular complexity index is 786. The molecule has 0 aliphatic carbocycles. The average Bonchev–Trinajstić information content (AvgIpc) is 2.79. The highest BCUT2D eigenvalue weighted by atomic mass is 35.5. The molecule has 3 rings (SSSR count). The van der Waals surface area contributed by atoms with E-state index in [0.29, 0.717) is 21.9 Å². The molecular weight excluding hydrogens is 313 g/mol. The van der Waals surface area contributed by atoms with Crippen LogP contribution in [0.2, 0.25) is 5.15 Å². The molecule has 3 aromatic heterocycles. The standard InChI is InChI=1S/C13H11ClFN5S/c1-6(21-13-19-11(14)3-12(16)20-13)9-2-7-8(15)4-17-10(7)5-18-9/h2-6,17H,1H3,(H2,16,19,20). The molecule has 108 valence electrons. The van der Waals surface area contributed by atoms with Crippen LogP contribution in [0.5, 0.6) is 0 Å². The maximum atomic E-state index is 13.6. The van der Waals surface area contributed by atoms with E-state index in [0.717, 1.165) is 5.69 Å². The highest BCUT2D eigenvalue weighted by Crippen LogP contribution is 2.33. The second kappa shape index (κ2) is 5.50. The average molecular weight is 324 g/mol. The number of thioether (sulfide) groups is 1. The highest BCUT2D eigenvalue weighted by Gasteiger charge is 2.14. The van der Waals surface area contributed by atoms with Crippen molar-refractivity contribution in [1.82, 2.24) is 19.9 Å². The molecule has 0 bridgehead atoms. The van der Waals surface area contributed by atoms with Crippen LogP contribution in [0.25, 0.3) is 10.9 Å². The van der Waals surface area contributed by atoms with Gasteiger partial charge in [0.1, 0.15) is 16.8 Å². The number of fused-ring (bicyclic) bond motifs is 1. The molecule has 1 atom stereocenters. The Balaban J connectivity index is 1.89. The van der Waals surface area contributed by atoms with Crippen LogP contribution >= 0.6 is 23.4 Å². The lowest BCUT2D eigenvalue weighted by Crippen LogP contribution is -1.98. The van der Waals surface area contributed by atoms with E-state index < -0.39 is 0 Å². The number of nitrogen functional groups attached to an aromatic ring is 1. The molecule has 0 spiro atoms. The summed E-state index contributed by atoms with van der Waals surface area (Å²) in [4.78, 5) is 15.3. The summed E-state index contributed by atoms with van der Waals surface area (Å²) in [7, 11) is 0. The topological polar surface area (TPSA) is 80.5 Å². The molecule has 3 heterocycles. The number of H-pyrrole nitrogens is 1. The lowest BCUT2D eigenvalue weighted by atomic mass is 10.2. The minimum absolute atomic E-state index is 0.0680. The van der Waals surface area contributed by atoms with Crippen LogP contribution < -0.4 is 5.73 Å².